The monoisotopic (exact) mass is 350 g/mol. The van der Waals surface area contributed by atoms with E-state index in [1.807, 2.05) is 0 Å². The molecule has 0 saturated carbocycles. The Hall–Kier alpha value is -0.550. The minimum atomic E-state index is -0.248. The van der Waals surface area contributed by atoms with Crippen LogP contribution in [0.4, 0.5) is 0 Å². The Morgan fingerprint density at radius 3 is 2.38 bits per heavy atom. The van der Waals surface area contributed by atoms with Gasteiger partial charge in [-0.1, -0.05) is 15.9 Å². The third-order valence-electron chi connectivity index (χ3n) is 2.11. The SMILES string of the molecule is COc1ccc(C(=O)C(C)Br)c(OC)c1Br. The minimum Gasteiger partial charge on any atom is -0.495 e. The van der Waals surface area contributed by atoms with Crippen molar-refractivity contribution < 1.29 is 14.3 Å². The number of alkyl halides is 1. The summed E-state index contributed by atoms with van der Waals surface area (Å²) in [5, 5.41) is 0. The van der Waals surface area contributed by atoms with E-state index in [-0.39, 0.29) is 10.6 Å². The van der Waals surface area contributed by atoms with Crippen molar-refractivity contribution in [1.82, 2.24) is 0 Å². The zero-order valence-electron chi connectivity index (χ0n) is 9.21. The predicted octanol–water partition coefficient (Wildman–Crippen LogP) is 3.43. The number of methoxy groups -OCH3 is 2. The number of carbonyl (C=O) groups excluding carboxylic acids is 1. The molecule has 1 aromatic carbocycles. The van der Waals surface area contributed by atoms with Crippen molar-refractivity contribution in [2.24, 2.45) is 0 Å². The lowest BCUT2D eigenvalue weighted by molar-refractivity contribution is 0.0992. The third kappa shape index (κ3) is 2.58. The highest BCUT2D eigenvalue weighted by molar-refractivity contribution is 9.10. The molecule has 0 aliphatic carbocycles. The Morgan fingerprint density at radius 2 is 1.94 bits per heavy atom. The van der Waals surface area contributed by atoms with Gasteiger partial charge >= 0.3 is 0 Å². The number of ether oxygens (including phenoxy) is 2. The first-order chi connectivity index (χ1) is 7.52. The van der Waals surface area contributed by atoms with Gasteiger partial charge in [-0.05, 0) is 35.0 Å². The molecule has 0 radical (unpaired) electrons. The first-order valence-electron chi connectivity index (χ1n) is 4.61. The molecule has 88 valence electrons. The van der Waals surface area contributed by atoms with Crippen LogP contribution in [0, 0.1) is 0 Å². The van der Waals surface area contributed by atoms with Crippen LogP contribution in [0.25, 0.3) is 0 Å². The highest BCUT2D eigenvalue weighted by Crippen LogP contribution is 2.37. The van der Waals surface area contributed by atoms with Crippen LogP contribution in [-0.2, 0) is 0 Å². The molecule has 0 aromatic heterocycles. The van der Waals surface area contributed by atoms with Gasteiger partial charge in [-0.2, -0.15) is 0 Å². The number of ketones is 1. The maximum atomic E-state index is 11.9. The van der Waals surface area contributed by atoms with E-state index in [1.165, 1.54) is 7.11 Å². The second kappa shape index (κ2) is 5.68. The van der Waals surface area contributed by atoms with Gasteiger partial charge in [0.05, 0.1) is 24.6 Å². The molecular formula is C11H12Br2O3. The first-order valence-corrected chi connectivity index (χ1v) is 6.32. The van der Waals surface area contributed by atoms with Crippen molar-refractivity contribution in [2.45, 2.75) is 11.8 Å². The number of carbonyl (C=O) groups is 1. The molecule has 3 nitrogen and oxygen atoms in total. The van der Waals surface area contributed by atoms with Crippen LogP contribution in [-0.4, -0.2) is 24.8 Å². The first kappa shape index (κ1) is 13.5. The summed E-state index contributed by atoms with van der Waals surface area (Å²) in [5.41, 5.74) is 0.527. The molecule has 0 saturated heterocycles. The predicted molar refractivity (Wildman–Crippen MR) is 70.0 cm³/mol. The minimum absolute atomic E-state index is 0.0276. The van der Waals surface area contributed by atoms with Gasteiger partial charge in [0.1, 0.15) is 16.0 Å². The summed E-state index contributed by atoms with van der Waals surface area (Å²) in [6.07, 6.45) is 0. The zero-order valence-corrected chi connectivity index (χ0v) is 12.4. The van der Waals surface area contributed by atoms with E-state index in [0.29, 0.717) is 21.5 Å². The number of Topliss-reactive ketones (excluding diaryl/α,β-unsaturated/α-hetero) is 1. The number of rotatable bonds is 4. The Labute approximate surface area is 111 Å². The average Bonchev–Trinajstić information content (AvgIpc) is 2.27. The number of hydrogen-bond acceptors (Lipinski definition) is 3. The van der Waals surface area contributed by atoms with Crippen molar-refractivity contribution in [3.63, 3.8) is 0 Å². The molecule has 1 rings (SSSR count). The normalized spacial score (nSPS) is 12.1. The van der Waals surface area contributed by atoms with E-state index in [1.54, 1.807) is 26.2 Å². The van der Waals surface area contributed by atoms with Crippen molar-refractivity contribution in [3.05, 3.63) is 22.2 Å². The van der Waals surface area contributed by atoms with Gasteiger partial charge in [0.25, 0.3) is 0 Å². The molecule has 16 heavy (non-hydrogen) atoms. The Kier molecular flexibility index (Phi) is 4.80. The molecule has 0 bridgehead atoms. The van der Waals surface area contributed by atoms with Gasteiger partial charge in [-0.3, -0.25) is 4.79 Å². The van der Waals surface area contributed by atoms with Gasteiger partial charge in [0, 0.05) is 0 Å². The standard InChI is InChI=1S/C11H12Br2O3/c1-6(12)10(14)7-4-5-8(15-2)9(13)11(7)16-3/h4-6H,1-3H3. The van der Waals surface area contributed by atoms with Gasteiger partial charge < -0.3 is 9.47 Å². The highest BCUT2D eigenvalue weighted by Gasteiger charge is 2.20. The maximum absolute atomic E-state index is 11.9. The quantitative estimate of drug-likeness (QED) is 0.615. The van der Waals surface area contributed by atoms with Gasteiger partial charge in [0.15, 0.2) is 5.78 Å². The Morgan fingerprint density at radius 1 is 1.31 bits per heavy atom. The topological polar surface area (TPSA) is 35.5 Å². The molecule has 0 aliphatic heterocycles. The van der Waals surface area contributed by atoms with Crippen molar-refractivity contribution >= 4 is 37.6 Å². The van der Waals surface area contributed by atoms with Crippen LogP contribution in [0.3, 0.4) is 0 Å². The van der Waals surface area contributed by atoms with E-state index in [2.05, 4.69) is 31.9 Å². The lowest BCUT2D eigenvalue weighted by Gasteiger charge is -2.13. The van der Waals surface area contributed by atoms with Crippen molar-refractivity contribution in [3.8, 4) is 11.5 Å². The fourth-order valence-electron chi connectivity index (χ4n) is 1.30. The van der Waals surface area contributed by atoms with Crippen LogP contribution in [0.15, 0.2) is 16.6 Å². The van der Waals surface area contributed by atoms with Crippen LogP contribution in [0.2, 0.25) is 0 Å². The fourth-order valence-corrected chi connectivity index (χ4v) is 2.22. The molecule has 0 heterocycles. The third-order valence-corrected chi connectivity index (χ3v) is 3.28. The molecule has 0 aliphatic rings. The van der Waals surface area contributed by atoms with E-state index in [9.17, 15) is 4.79 Å². The Balaban J connectivity index is 3.31. The van der Waals surface area contributed by atoms with Crippen molar-refractivity contribution in [1.29, 1.82) is 0 Å². The molecule has 1 unspecified atom stereocenters. The highest BCUT2D eigenvalue weighted by atomic mass is 79.9. The van der Waals surface area contributed by atoms with Crippen LogP contribution < -0.4 is 9.47 Å². The molecule has 5 heteroatoms. The number of benzene rings is 1. The molecule has 0 spiro atoms. The molecule has 0 fully saturated rings. The lowest BCUT2D eigenvalue weighted by atomic mass is 10.1. The zero-order chi connectivity index (χ0) is 12.3. The summed E-state index contributed by atoms with van der Waals surface area (Å²) in [6, 6.07) is 3.43. The largest absolute Gasteiger partial charge is 0.495 e. The van der Waals surface area contributed by atoms with Crippen LogP contribution in [0.5, 0.6) is 11.5 Å². The lowest BCUT2D eigenvalue weighted by Crippen LogP contribution is -2.11. The second-order valence-corrected chi connectivity index (χ2v) is 5.31. The van der Waals surface area contributed by atoms with E-state index >= 15 is 0 Å². The van der Waals surface area contributed by atoms with Gasteiger partial charge in [-0.15, -0.1) is 0 Å². The summed E-state index contributed by atoms with van der Waals surface area (Å²) >= 11 is 6.60. The molecule has 1 aromatic rings. The summed E-state index contributed by atoms with van der Waals surface area (Å²) in [5.74, 6) is 1.10. The summed E-state index contributed by atoms with van der Waals surface area (Å²) < 4.78 is 11.0. The summed E-state index contributed by atoms with van der Waals surface area (Å²) in [4.78, 5) is 11.6. The van der Waals surface area contributed by atoms with Gasteiger partial charge in [-0.25, -0.2) is 0 Å². The second-order valence-electron chi connectivity index (χ2n) is 3.14. The maximum Gasteiger partial charge on any atom is 0.179 e. The Bertz CT molecular complexity index is 402. The van der Waals surface area contributed by atoms with E-state index in [4.69, 9.17) is 9.47 Å². The van der Waals surface area contributed by atoms with E-state index in [0.717, 1.165) is 0 Å². The molecule has 0 N–H and O–H groups in total. The summed E-state index contributed by atoms with van der Waals surface area (Å²) in [7, 11) is 3.09. The average molecular weight is 352 g/mol. The summed E-state index contributed by atoms with van der Waals surface area (Å²) in [6.45, 7) is 1.78. The van der Waals surface area contributed by atoms with Crippen LogP contribution in [0.1, 0.15) is 17.3 Å². The van der Waals surface area contributed by atoms with Crippen molar-refractivity contribution in [2.75, 3.05) is 14.2 Å². The smallest absolute Gasteiger partial charge is 0.179 e. The van der Waals surface area contributed by atoms with Gasteiger partial charge in [0.2, 0.25) is 0 Å². The fraction of sp³-hybridized carbons (Fsp3) is 0.364. The number of hydrogen-bond donors (Lipinski definition) is 0. The van der Waals surface area contributed by atoms with E-state index < -0.39 is 0 Å². The molecule has 1 atom stereocenters. The molecular weight excluding hydrogens is 340 g/mol. The number of halogens is 2. The van der Waals surface area contributed by atoms with Crippen LogP contribution >= 0.6 is 31.9 Å². The molecule has 0 amide bonds.